The molecule has 0 aliphatic rings. The minimum atomic E-state index is 0.970. The molecule has 0 bridgehead atoms. The fourth-order valence-corrected chi connectivity index (χ4v) is 2.41. The van der Waals surface area contributed by atoms with Gasteiger partial charge in [-0.1, -0.05) is 6.92 Å². The predicted molar refractivity (Wildman–Crippen MR) is 73.6 cm³/mol. The van der Waals surface area contributed by atoms with Crippen molar-refractivity contribution in [1.29, 1.82) is 0 Å². The van der Waals surface area contributed by atoms with Crippen molar-refractivity contribution >= 4 is 16.5 Å². The summed E-state index contributed by atoms with van der Waals surface area (Å²) in [5.74, 6) is 0. The van der Waals surface area contributed by atoms with E-state index in [1.54, 1.807) is 11.3 Å². The molecule has 90 valence electrons. The van der Waals surface area contributed by atoms with Gasteiger partial charge in [0.05, 0.1) is 5.69 Å². The van der Waals surface area contributed by atoms with E-state index in [9.17, 15) is 0 Å². The Morgan fingerprint density at radius 2 is 2.06 bits per heavy atom. The largest absolute Gasteiger partial charge is 0.362 e. The maximum absolute atomic E-state index is 4.58. The van der Waals surface area contributed by atoms with E-state index in [-0.39, 0.29) is 0 Å². The first-order valence-corrected chi connectivity index (χ1v) is 6.72. The molecule has 0 aliphatic carbocycles. The molecule has 3 nitrogen and oxygen atoms in total. The van der Waals surface area contributed by atoms with Gasteiger partial charge < -0.3 is 5.32 Å². The molecule has 17 heavy (non-hydrogen) atoms. The summed E-state index contributed by atoms with van der Waals surface area (Å²) in [6, 6.07) is 4.12. The van der Waals surface area contributed by atoms with Crippen LogP contribution in [0.2, 0.25) is 0 Å². The van der Waals surface area contributed by atoms with Gasteiger partial charge in [0, 0.05) is 28.9 Å². The molecule has 0 unspecified atom stereocenters. The van der Waals surface area contributed by atoms with Gasteiger partial charge in [-0.15, -0.1) is 11.3 Å². The van der Waals surface area contributed by atoms with Crippen molar-refractivity contribution in [3.8, 4) is 11.3 Å². The van der Waals surface area contributed by atoms with E-state index in [0.717, 1.165) is 40.7 Å². The second-order valence-corrected chi connectivity index (χ2v) is 4.91. The lowest BCUT2D eigenvalue weighted by Crippen LogP contribution is -1.98. The number of nitrogens with one attached hydrogen (secondary N) is 1. The Morgan fingerprint density at radius 1 is 1.24 bits per heavy atom. The minimum Gasteiger partial charge on any atom is -0.362 e. The van der Waals surface area contributed by atoms with E-state index >= 15 is 0 Å². The molecule has 1 N–H and O–H groups in total. The Hall–Kier alpha value is -1.42. The first-order valence-electron chi connectivity index (χ1n) is 5.84. The Morgan fingerprint density at radius 3 is 2.76 bits per heavy atom. The zero-order valence-electron chi connectivity index (χ0n) is 10.4. The Bertz CT molecular complexity index is 505. The fraction of sp³-hybridized carbons (Fsp3) is 0.385. The number of anilines is 1. The van der Waals surface area contributed by atoms with E-state index in [1.165, 1.54) is 0 Å². The molecule has 0 aromatic carbocycles. The van der Waals surface area contributed by atoms with Gasteiger partial charge >= 0.3 is 0 Å². The highest BCUT2D eigenvalue weighted by Gasteiger charge is 2.07. The smallest absolute Gasteiger partial charge is 0.183 e. The summed E-state index contributed by atoms with van der Waals surface area (Å²) in [5.41, 5.74) is 4.22. The summed E-state index contributed by atoms with van der Waals surface area (Å²) in [7, 11) is 0. The zero-order chi connectivity index (χ0) is 12.3. The first-order chi connectivity index (χ1) is 8.20. The van der Waals surface area contributed by atoms with Crippen LogP contribution in [-0.2, 0) is 0 Å². The van der Waals surface area contributed by atoms with Crippen molar-refractivity contribution in [3.63, 3.8) is 0 Å². The van der Waals surface area contributed by atoms with E-state index in [1.807, 2.05) is 19.9 Å². The number of aryl methyl sites for hydroxylation is 2. The number of pyridine rings is 1. The summed E-state index contributed by atoms with van der Waals surface area (Å²) < 4.78 is 0. The average molecular weight is 247 g/mol. The highest BCUT2D eigenvalue weighted by Crippen LogP contribution is 2.26. The van der Waals surface area contributed by atoms with Crippen LogP contribution in [0.15, 0.2) is 17.5 Å². The lowest BCUT2D eigenvalue weighted by Gasteiger charge is -2.02. The third kappa shape index (κ3) is 2.82. The van der Waals surface area contributed by atoms with Crippen molar-refractivity contribution in [2.75, 3.05) is 11.9 Å². The van der Waals surface area contributed by atoms with Crippen LogP contribution in [-0.4, -0.2) is 16.5 Å². The molecule has 0 aliphatic heterocycles. The lowest BCUT2D eigenvalue weighted by molar-refractivity contribution is 0.976. The van der Waals surface area contributed by atoms with Crippen LogP contribution in [0.5, 0.6) is 0 Å². The molecular weight excluding hydrogens is 230 g/mol. The van der Waals surface area contributed by atoms with Gasteiger partial charge in [0.1, 0.15) is 0 Å². The number of rotatable bonds is 4. The van der Waals surface area contributed by atoms with Gasteiger partial charge in [0.25, 0.3) is 0 Å². The number of hydrogen-bond acceptors (Lipinski definition) is 4. The van der Waals surface area contributed by atoms with Crippen LogP contribution in [0.25, 0.3) is 11.3 Å². The molecule has 2 aromatic heterocycles. The molecule has 2 rings (SSSR count). The van der Waals surface area contributed by atoms with Crippen molar-refractivity contribution < 1.29 is 0 Å². The Balaban J connectivity index is 2.24. The summed E-state index contributed by atoms with van der Waals surface area (Å²) in [4.78, 5) is 9.04. The molecule has 0 saturated carbocycles. The van der Waals surface area contributed by atoms with E-state index in [0.29, 0.717) is 0 Å². The quantitative estimate of drug-likeness (QED) is 0.896. The van der Waals surface area contributed by atoms with Crippen LogP contribution in [0.1, 0.15) is 24.7 Å². The Labute approximate surface area is 106 Å². The van der Waals surface area contributed by atoms with E-state index in [2.05, 4.69) is 33.7 Å². The Kier molecular flexibility index (Phi) is 3.74. The van der Waals surface area contributed by atoms with E-state index < -0.39 is 0 Å². The molecule has 0 saturated heterocycles. The van der Waals surface area contributed by atoms with Crippen molar-refractivity contribution in [2.45, 2.75) is 27.2 Å². The topological polar surface area (TPSA) is 37.8 Å². The summed E-state index contributed by atoms with van der Waals surface area (Å²) in [6.07, 6.45) is 1.11. The molecule has 0 fully saturated rings. The molecule has 2 aromatic rings. The number of aromatic nitrogens is 2. The molecular formula is C13H17N3S. The van der Waals surface area contributed by atoms with Crippen LogP contribution in [0.4, 0.5) is 5.13 Å². The van der Waals surface area contributed by atoms with Gasteiger partial charge in [-0.3, -0.25) is 4.98 Å². The average Bonchev–Trinajstić information content (AvgIpc) is 2.75. The van der Waals surface area contributed by atoms with Gasteiger partial charge in [0.15, 0.2) is 5.13 Å². The monoisotopic (exact) mass is 247 g/mol. The molecule has 2 heterocycles. The number of thiazole rings is 1. The molecule has 0 spiro atoms. The molecule has 0 atom stereocenters. The van der Waals surface area contributed by atoms with Crippen LogP contribution in [0, 0.1) is 13.8 Å². The maximum Gasteiger partial charge on any atom is 0.183 e. The van der Waals surface area contributed by atoms with Gasteiger partial charge in [-0.25, -0.2) is 4.98 Å². The summed E-state index contributed by atoms with van der Waals surface area (Å²) >= 11 is 1.65. The maximum atomic E-state index is 4.58. The standard InChI is InChI=1S/C13H17N3S/c1-4-7-14-13-16-12(8-17-13)11-6-5-9(2)15-10(11)3/h5-6,8H,4,7H2,1-3H3,(H,14,16). The molecule has 0 radical (unpaired) electrons. The zero-order valence-corrected chi connectivity index (χ0v) is 11.3. The summed E-state index contributed by atoms with van der Waals surface area (Å²) in [5, 5.41) is 6.37. The fourth-order valence-electron chi connectivity index (χ4n) is 1.67. The minimum absolute atomic E-state index is 0.970. The van der Waals surface area contributed by atoms with Crippen molar-refractivity contribution in [2.24, 2.45) is 0 Å². The highest BCUT2D eigenvalue weighted by atomic mass is 32.1. The van der Waals surface area contributed by atoms with Crippen LogP contribution in [0.3, 0.4) is 0 Å². The van der Waals surface area contributed by atoms with Crippen LogP contribution >= 0.6 is 11.3 Å². The normalized spacial score (nSPS) is 10.5. The van der Waals surface area contributed by atoms with Crippen molar-refractivity contribution in [1.82, 2.24) is 9.97 Å². The third-order valence-corrected chi connectivity index (χ3v) is 3.33. The second-order valence-electron chi connectivity index (χ2n) is 4.05. The predicted octanol–water partition coefficient (Wildman–Crippen LogP) is 3.64. The van der Waals surface area contributed by atoms with Crippen LogP contribution < -0.4 is 5.32 Å². The SMILES string of the molecule is CCCNc1nc(-c2ccc(C)nc2C)cs1. The van der Waals surface area contributed by atoms with Crippen molar-refractivity contribution in [3.05, 3.63) is 28.9 Å². The molecule has 0 amide bonds. The van der Waals surface area contributed by atoms with Gasteiger partial charge in [0.2, 0.25) is 0 Å². The lowest BCUT2D eigenvalue weighted by atomic mass is 10.1. The third-order valence-electron chi connectivity index (χ3n) is 2.53. The summed E-state index contributed by atoms with van der Waals surface area (Å²) in [6.45, 7) is 7.15. The van der Waals surface area contributed by atoms with E-state index in [4.69, 9.17) is 0 Å². The van der Waals surface area contributed by atoms with Gasteiger partial charge in [-0.2, -0.15) is 0 Å². The number of hydrogen-bond donors (Lipinski definition) is 1. The van der Waals surface area contributed by atoms with Gasteiger partial charge in [-0.05, 0) is 32.4 Å². The first kappa shape index (κ1) is 12.0. The molecule has 4 heteroatoms. The highest BCUT2D eigenvalue weighted by molar-refractivity contribution is 7.14. The second kappa shape index (κ2) is 5.27. The number of nitrogens with zero attached hydrogens (tertiary/aromatic N) is 2.